The third-order valence-electron chi connectivity index (χ3n) is 5.24. The second-order valence-corrected chi connectivity index (χ2v) is 9.29. The maximum atomic E-state index is 13.4. The number of hydrogen-bond donors (Lipinski definition) is 0. The molecule has 0 bridgehead atoms. The normalized spacial score (nSPS) is 12.8. The van der Waals surface area contributed by atoms with Gasteiger partial charge in [0.15, 0.2) is 6.10 Å². The molecule has 3 aromatic rings. The van der Waals surface area contributed by atoms with Crippen LogP contribution in [0.4, 0.5) is 4.39 Å². The highest BCUT2D eigenvalue weighted by atomic mass is 35.5. The number of ether oxygens (including phenoxy) is 1. The molecule has 170 valence electrons. The van der Waals surface area contributed by atoms with Crippen molar-refractivity contribution in [1.29, 1.82) is 0 Å². The predicted molar refractivity (Wildman–Crippen MR) is 131 cm³/mol. The first kappa shape index (κ1) is 24.4. The summed E-state index contributed by atoms with van der Waals surface area (Å²) in [6.45, 7) is 7.83. The van der Waals surface area contributed by atoms with Gasteiger partial charge in [-0.3, -0.25) is 4.79 Å². The van der Waals surface area contributed by atoms with Crippen LogP contribution in [0.2, 0.25) is 5.02 Å². The van der Waals surface area contributed by atoms with Gasteiger partial charge >= 0.3 is 5.97 Å². The molecule has 0 unspecified atom stereocenters. The van der Waals surface area contributed by atoms with Crippen LogP contribution in [-0.4, -0.2) is 17.9 Å². The van der Waals surface area contributed by atoms with Crippen molar-refractivity contribution < 1.29 is 18.7 Å². The molecule has 0 aliphatic rings. The highest BCUT2D eigenvalue weighted by Gasteiger charge is 2.23. The van der Waals surface area contributed by atoms with Crippen LogP contribution in [0, 0.1) is 5.82 Å². The van der Waals surface area contributed by atoms with Crippen LogP contribution in [0.15, 0.2) is 72.8 Å². The number of carbonyl (C=O) groups excluding carboxylic acids is 2. The molecule has 0 amide bonds. The van der Waals surface area contributed by atoms with E-state index in [-0.39, 0.29) is 16.8 Å². The fourth-order valence-corrected chi connectivity index (χ4v) is 3.39. The Balaban J connectivity index is 1.84. The molecule has 0 spiro atoms. The first-order valence-corrected chi connectivity index (χ1v) is 11.0. The van der Waals surface area contributed by atoms with Crippen LogP contribution in [0.1, 0.15) is 54.7 Å². The van der Waals surface area contributed by atoms with E-state index in [2.05, 4.69) is 20.8 Å². The number of hydrogen-bond acceptors (Lipinski definition) is 3. The Kier molecular flexibility index (Phi) is 7.50. The Bertz CT molecular complexity index is 1160. The number of carbonyl (C=O) groups is 2. The summed E-state index contributed by atoms with van der Waals surface area (Å²) in [5.74, 6) is -1.39. The van der Waals surface area contributed by atoms with Crippen molar-refractivity contribution >= 4 is 35.0 Å². The van der Waals surface area contributed by atoms with E-state index in [1.54, 1.807) is 49.4 Å². The Morgan fingerprint density at radius 1 is 0.879 bits per heavy atom. The van der Waals surface area contributed by atoms with E-state index in [1.807, 2.05) is 12.1 Å². The van der Waals surface area contributed by atoms with E-state index in [4.69, 9.17) is 16.3 Å². The largest absolute Gasteiger partial charge is 0.451 e. The Morgan fingerprint density at radius 2 is 1.42 bits per heavy atom. The lowest BCUT2D eigenvalue weighted by Gasteiger charge is -2.19. The van der Waals surface area contributed by atoms with Gasteiger partial charge in [-0.1, -0.05) is 80.9 Å². The number of Topliss-reactive ketones (excluding diaryl/α,β-unsaturated/α-hetero) is 1. The summed E-state index contributed by atoms with van der Waals surface area (Å²) >= 11 is 5.95. The molecule has 33 heavy (non-hydrogen) atoms. The van der Waals surface area contributed by atoms with Crippen LogP contribution in [-0.2, 0) is 14.9 Å². The van der Waals surface area contributed by atoms with Crippen molar-refractivity contribution in [1.82, 2.24) is 0 Å². The molecule has 0 saturated carbocycles. The van der Waals surface area contributed by atoms with Gasteiger partial charge in [-0.15, -0.1) is 0 Å². The fraction of sp³-hybridized carbons (Fsp3) is 0.214. The van der Waals surface area contributed by atoms with Crippen molar-refractivity contribution in [2.45, 2.75) is 39.2 Å². The van der Waals surface area contributed by atoms with Gasteiger partial charge in [0, 0.05) is 10.6 Å². The third-order valence-corrected chi connectivity index (χ3v) is 5.50. The van der Waals surface area contributed by atoms with Crippen LogP contribution in [0.3, 0.4) is 0 Å². The summed E-state index contributed by atoms with van der Waals surface area (Å²) in [7, 11) is 0. The van der Waals surface area contributed by atoms with Crippen LogP contribution in [0.5, 0.6) is 0 Å². The van der Waals surface area contributed by atoms with Gasteiger partial charge in [-0.05, 0) is 59.4 Å². The van der Waals surface area contributed by atoms with E-state index >= 15 is 0 Å². The highest BCUT2D eigenvalue weighted by molar-refractivity contribution is 6.30. The lowest BCUT2D eigenvalue weighted by molar-refractivity contribution is -0.139. The minimum Gasteiger partial charge on any atom is -0.451 e. The molecule has 3 rings (SSSR count). The number of rotatable bonds is 6. The standard InChI is InChI=1S/C28H26ClFO3/c1-18(26(31)21-7-11-22(12-8-21)28(2,3)4)33-27(32)25(20-9-15-24(30)16-10-20)17-19-5-13-23(29)14-6-19/h5-18H,1-4H3/b25-17+/t18-/m1/s1. The average molecular weight is 465 g/mol. The zero-order chi connectivity index (χ0) is 24.2. The summed E-state index contributed by atoms with van der Waals surface area (Å²) in [5, 5.41) is 0.565. The van der Waals surface area contributed by atoms with Gasteiger partial charge in [0.2, 0.25) is 5.78 Å². The summed E-state index contributed by atoms with van der Waals surface area (Å²) in [4.78, 5) is 25.9. The van der Waals surface area contributed by atoms with Gasteiger partial charge in [-0.2, -0.15) is 0 Å². The Morgan fingerprint density at radius 3 is 1.97 bits per heavy atom. The molecule has 0 aromatic heterocycles. The SMILES string of the molecule is C[C@@H](OC(=O)/C(=C/c1ccc(Cl)cc1)c1ccc(F)cc1)C(=O)c1ccc(C(C)(C)C)cc1. The molecule has 3 aromatic carbocycles. The van der Waals surface area contributed by atoms with Gasteiger partial charge in [0.1, 0.15) is 5.82 Å². The molecular weight excluding hydrogens is 439 g/mol. The van der Waals surface area contributed by atoms with Crippen molar-refractivity contribution in [3.8, 4) is 0 Å². The fourth-order valence-electron chi connectivity index (χ4n) is 3.26. The van der Waals surface area contributed by atoms with Crippen molar-refractivity contribution in [3.63, 3.8) is 0 Å². The van der Waals surface area contributed by atoms with Crippen molar-refractivity contribution in [3.05, 3.63) is 106 Å². The van der Waals surface area contributed by atoms with Gasteiger partial charge in [0.25, 0.3) is 0 Å². The first-order valence-electron chi connectivity index (χ1n) is 10.6. The molecule has 0 fully saturated rings. The van der Waals surface area contributed by atoms with Gasteiger partial charge < -0.3 is 4.74 Å². The maximum absolute atomic E-state index is 13.4. The monoisotopic (exact) mass is 464 g/mol. The van der Waals surface area contributed by atoms with E-state index in [0.29, 0.717) is 21.7 Å². The van der Waals surface area contributed by atoms with Crippen LogP contribution < -0.4 is 0 Å². The smallest absolute Gasteiger partial charge is 0.339 e. The second kappa shape index (κ2) is 10.1. The molecular formula is C28H26ClFO3. The lowest BCUT2D eigenvalue weighted by Crippen LogP contribution is -2.25. The van der Waals surface area contributed by atoms with Crippen LogP contribution in [0.25, 0.3) is 11.6 Å². The topological polar surface area (TPSA) is 43.4 Å². The molecule has 3 nitrogen and oxygen atoms in total. The van der Waals surface area contributed by atoms with E-state index in [1.165, 1.54) is 24.3 Å². The molecule has 1 atom stereocenters. The minimum absolute atomic E-state index is 0.0316. The molecule has 0 heterocycles. The zero-order valence-electron chi connectivity index (χ0n) is 19.1. The molecule has 0 saturated heterocycles. The average Bonchev–Trinajstić information content (AvgIpc) is 2.78. The van der Waals surface area contributed by atoms with Crippen molar-refractivity contribution in [2.24, 2.45) is 0 Å². The van der Waals surface area contributed by atoms with Gasteiger partial charge in [0.05, 0.1) is 5.57 Å². The minimum atomic E-state index is -0.993. The zero-order valence-corrected chi connectivity index (χ0v) is 19.8. The third kappa shape index (κ3) is 6.39. The maximum Gasteiger partial charge on any atom is 0.339 e. The second-order valence-electron chi connectivity index (χ2n) is 8.86. The molecule has 0 N–H and O–H groups in total. The number of ketones is 1. The molecule has 5 heteroatoms. The summed E-state index contributed by atoms with van der Waals surface area (Å²) < 4.78 is 19.0. The van der Waals surface area contributed by atoms with E-state index in [9.17, 15) is 14.0 Å². The number of esters is 1. The summed E-state index contributed by atoms with van der Waals surface area (Å²) in [5.41, 5.74) is 2.94. The van der Waals surface area contributed by atoms with E-state index in [0.717, 1.165) is 5.56 Å². The lowest BCUT2D eigenvalue weighted by atomic mass is 9.86. The highest BCUT2D eigenvalue weighted by Crippen LogP contribution is 2.24. The predicted octanol–water partition coefficient (Wildman–Crippen LogP) is 7.13. The summed E-state index contributed by atoms with van der Waals surface area (Å²) in [6.07, 6.45) is 0.633. The Labute approximate surface area is 198 Å². The number of halogens is 2. The molecule has 0 radical (unpaired) electrons. The van der Waals surface area contributed by atoms with E-state index < -0.39 is 17.9 Å². The molecule has 0 aliphatic heterocycles. The molecule has 0 aliphatic carbocycles. The Hall–Kier alpha value is -3.24. The van der Waals surface area contributed by atoms with Crippen LogP contribution >= 0.6 is 11.6 Å². The summed E-state index contributed by atoms with van der Waals surface area (Å²) in [6, 6.07) is 19.8. The number of benzene rings is 3. The first-order chi connectivity index (χ1) is 15.5. The van der Waals surface area contributed by atoms with Crippen molar-refractivity contribution in [2.75, 3.05) is 0 Å². The van der Waals surface area contributed by atoms with Gasteiger partial charge in [-0.25, -0.2) is 9.18 Å². The quantitative estimate of drug-likeness (QED) is 0.168.